The summed E-state index contributed by atoms with van der Waals surface area (Å²) in [7, 11) is 0. The van der Waals surface area contributed by atoms with Crippen molar-refractivity contribution in [2.75, 3.05) is 87.5 Å². The van der Waals surface area contributed by atoms with Crippen LogP contribution in [0.2, 0.25) is 5.15 Å². The van der Waals surface area contributed by atoms with Crippen LogP contribution in [0.5, 0.6) is 0 Å². The minimum Gasteiger partial charge on any atom is -0.366 e. The number of amides is 4. The molecule has 0 aliphatic carbocycles. The normalized spacial score (nSPS) is 20.8. The number of alkyl halides is 6. The van der Waals surface area contributed by atoms with E-state index in [1.165, 1.54) is 0 Å². The maximum Gasteiger partial charge on any atom is 0.391 e. The van der Waals surface area contributed by atoms with Crippen molar-refractivity contribution in [2.45, 2.75) is 63.0 Å². The number of carbonyl (C=O) groups is 2. The van der Waals surface area contributed by atoms with Crippen molar-refractivity contribution in [1.82, 2.24) is 25.3 Å². The maximum atomic E-state index is 13.1. The summed E-state index contributed by atoms with van der Waals surface area (Å²) < 4.78 is 74.8. The molecule has 4 aromatic rings. The Labute approximate surface area is 365 Å². The molecule has 3 N–H and O–H groups in total. The van der Waals surface area contributed by atoms with Crippen molar-refractivity contribution in [3.05, 3.63) is 78.2 Å². The van der Waals surface area contributed by atoms with Gasteiger partial charge in [-0.2, -0.15) is 26.3 Å². The Kier molecular flexibility index (Phi) is 13.0. The molecule has 10 rings (SSSR count). The lowest BCUT2D eigenvalue weighted by Crippen LogP contribution is -2.48. The molecule has 14 nitrogen and oxygen atoms in total. The summed E-state index contributed by atoms with van der Waals surface area (Å²) in [6, 6.07) is 17.7. The Bertz CT molecular complexity index is 2210. The second-order valence-electron chi connectivity index (χ2n) is 16.2. The fourth-order valence-electron chi connectivity index (χ4n) is 8.88. The highest BCUT2D eigenvalue weighted by Crippen LogP contribution is 2.42. The number of carbonyl (C=O) groups excluding carboxylic acids is 2. The van der Waals surface area contributed by atoms with Gasteiger partial charge in [-0.25, -0.2) is 29.5 Å². The molecule has 4 aromatic heterocycles. The van der Waals surface area contributed by atoms with Crippen LogP contribution < -0.4 is 40.4 Å². The average Bonchev–Trinajstić information content (AvgIpc) is 3.90. The second kappa shape index (κ2) is 18.6. The van der Waals surface area contributed by atoms with E-state index in [4.69, 9.17) is 16.6 Å². The third kappa shape index (κ3) is 10.1. The summed E-state index contributed by atoms with van der Waals surface area (Å²) in [4.78, 5) is 53.0. The van der Waals surface area contributed by atoms with Crippen molar-refractivity contribution in [3.63, 3.8) is 0 Å². The van der Waals surface area contributed by atoms with Gasteiger partial charge in [-0.05, 0) is 100 Å². The Morgan fingerprint density at radius 2 is 1.08 bits per heavy atom. The molecule has 10 heterocycles. The summed E-state index contributed by atoms with van der Waals surface area (Å²) in [6.07, 6.45) is -2.52. The van der Waals surface area contributed by atoms with Crippen molar-refractivity contribution < 1.29 is 35.9 Å². The monoisotopic (exact) mass is 900 g/mol. The number of nitrogens with one attached hydrogen (secondary N) is 3. The Balaban J connectivity index is 0.000000147. The van der Waals surface area contributed by atoms with Gasteiger partial charge in [0.2, 0.25) is 0 Å². The number of hydrogen-bond acceptors (Lipinski definition) is 10. The van der Waals surface area contributed by atoms with Crippen LogP contribution in [0.4, 0.5) is 76.4 Å². The van der Waals surface area contributed by atoms with Gasteiger partial charge in [-0.15, -0.1) is 0 Å². The number of nitrogens with zero attached hydrogens (tertiary/aromatic N) is 9. The molecule has 0 spiro atoms. The number of aromatic nitrogens is 4. The topological polar surface area (TPSA) is 138 Å². The largest absolute Gasteiger partial charge is 0.391 e. The third-order valence-electron chi connectivity index (χ3n) is 12.2. The number of hydrogen-bond donors (Lipinski definition) is 3. The molecular weight excluding hydrogens is 854 g/mol. The molecule has 336 valence electrons. The third-order valence-corrected chi connectivity index (χ3v) is 12.4. The molecule has 63 heavy (non-hydrogen) atoms. The molecule has 4 fully saturated rings. The first kappa shape index (κ1) is 44.0. The van der Waals surface area contributed by atoms with Gasteiger partial charge < -0.3 is 20.0 Å². The number of pyridine rings is 4. The molecular formula is C42H47ClF6N12O2. The zero-order valence-electron chi connectivity index (χ0n) is 34.1. The van der Waals surface area contributed by atoms with E-state index in [-0.39, 0.29) is 49.8 Å². The van der Waals surface area contributed by atoms with Crippen LogP contribution in [0, 0.1) is 11.8 Å². The molecule has 0 aromatic carbocycles. The Morgan fingerprint density at radius 3 is 1.56 bits per heavy atom. The van der Waals surface area contributed by atoms with E-state index in [9.17, 15) is 35.9 Å². The molecule has 21 heteroatoms. The van der Waals surface area contributed by atoms with E-state index >= 15 is 0 Å². The predicted octanol–water partition coefficient (Wildman–Crippen LogP) is 8.20. The molecule has 6 aliphatic rings. The fourth-order valence-corrected chi connectivity index (χ4v) is 9.03. The standard InChI is InChI=1S/C21H23F3N6O.C15H14ClN5O.C6H10F3N/c22-21(23,24)14-6-10-28(11-7-14)18-5-4-16-19(27-18)30(15-8-12-29(16)13-15)20(31)26-17-3-1-2-9-25-17;16-12-5-4-11-14(18-12)21(10-6-8-20(11)9-10)15(22)19-13-3-1-2-7-17-13;7-6(8,9)5-1-3-10-4-2-5/h1-5,9,14-15H,6-8,10-13H2,(H,25,26,31);1-5,7,10H,6,8-9H2,(H,17,19,22);5,10H,1-4H2/t15-;10-;/m00./s1. The first-order valence-corrected chi connectivity index (χ1v) is 21.4. The molecule has 4 bridgehead atoms. The van der Waals surface area contributed by atoms with Crippen LogP contribution in [0.25, 0.3) is 0 Å². The molecule has 0 radical (unpaired) electrons. The van der Waals surface area contributed by atoms with Crippen LogP contribution in [0.3, 0.4) is 0 Å². The first-order valence-electron chi connectivity index (χ1n) is 21.0. The van der Waals surface area contributed by atoms with Crippen molar-refractivity contribution >= 4 is 64.1 Å². The highest BCUT2D eigenvalue weighted by molar-refractivity contribution is 6.29. The van der Waals surface area contributed by atoms with Crippen LogP contribution in [-0.4, -0.2) is 109 Å². The fraction of sp³-hybridized carbons (Fsp3) is 0.476. The quantitative estimate of drug-likeness (QED) is 0.136. The maximum absolute atomic E-state index is 13.1. The molecule has 4 amide bonds. The van der Waals surface area contributed by atoms with Gasteiger partial charge in [0.1, 0.15) is 22.6 Å². The summed E-state index contributed by atoms with van der Waals surface area (Å²) >= 11 is 6.02. The van der Waals surface area contributed by atoms with Gasteiger partial charge in [0, 0.05) is 51.7 Å². The number of fused-ring (bicyclic) bond motifs is 8. The van der Waals surface area contributed by atoms with Gasteiger partial charge in [-0.1, -0.05) is 23.7 Å². The highest BCUT2D eigenvalue weighted by Gasteiger charge is 2.44. The zero-order chi connectivity index (χ0) is 44.3. The summed E-state index contributed by atoms with van der Waals surface area (Å²) in [5.41, 5.74) is 1.83. The Morgan fingerprint density at radius 1 is 0.603 bits per heavy atom. The average molecular weight is 901 g/mol. The SMILES string of the molecule is FC(F)(F)C1CCNCC1.O=C(Nc1ccccn1)N1c2nc(Cl)ccc2N2CC[C@H]1C2.O=C(Nc1ccccn1)N1c2nc(N3CCC(C(F)(F)F)CC3)ccc2N2CC[C@H]1C2. The zero-order valence-corrected chi connectivity index (χ0v) is 34.9. The number of anilines is 7. The number of halogens is 7. The van der Waals surface area contributed by atoms with Crippen molar-refractivity contribution in [3.8, 4) is 0 Å². The molecule has 0 unspecified atom stereocenters. The van der Waals surface area contributed by atoms with Crippen molar-refractivity contribution in [1.29, 1.82) is 0 Å². The summed E-state index contributed by atoms with van der Waals surface area (Å²) in [5.74, 6) is 0.443. The predicted molar refractivity (Wildman–Crippen MR) is 229 cm³/mol. The lowest BCUT2D eigenvalue weighted by molar-refractivity contribution is -0.180. The molecule has 4 saturated heterocycles. The van der Waals surface area contributed by atoms with Gasteiger partial charge >= 0.3 is 24.4 Å². The lowest BCUT2D eigenvalue weighted by Gasteiger charge is -2.38. The van der Waals surface area contributed by atoms with Crippen LogP contribution in [-0.2, 0) is 0 Å². The molecule has 0 saturated carbocycles. The van der Waals surface area contributed by atoms with Crippen LogP contribution in [0.1, 0.15) is 38.5 Å². The van der Waals surface area contributed by atoms with E-state index in [0.29, 0.717) is 60.4 Å². The van der Waals surface area contributed by atoms with Gasteiger partial charge in [-0.3, -0.25) is 20.4 Å². The number of rotatable bonds is 3. The number of urea groups is 2. The van der Waals surface area contributed by atoms with Crippen LogP contribution in [0.15, 0.2) is 73.1 Å². The van der Waals surface area contributed by atoms with Gasteiger partial charge in [0.25, 0.3) is 0 Å². The smallest absolute Gasteiger partial charge is 0.366 e. The van der Waals surface area contributed by atoms with Gasteiger partial charge in [0.05, 0.1) is 35.3 Å². The Hall–Kier alpha value is -5.63. The minimum absolute atomic E-state index is 0.00470. The molecule has 6 aliphatic heterocycles. The van der Waals surface area contributed by atoms with E-state index in [0.717, 1.165) is 50.4 Å². The second-order valence-corrected chi connectivity index (χ2v) is 16.6. The molecule has 2 atom stereocenters. The van der Waals surface area contributed by atoms with E-state index in [1.807, 2.05) is 35.2 Å². The lowest BCUT2D eigenvalue weighted by atomic mass is 9.96. The van der Waals surface area contributed by atoms with Crippen molar-refractivity contribution in [2.24, 2.45) is 11.8 Å². The van der Waals surface area contributed by atoms with Crippen LogP contribution >= 0.6 is 11.6 Å². The first-order chi connectivity index (χ1) is 30.2. The van der Waals surface area contributed by atoms with E-state index in [2.05, 4.69) is 40.7 Å². The summed E-state index contributed by atoms with van der Waals surface area (Å²) in [6.45, 7) is 4.92. The summed E-state index contributed by atoms with van der Waals surface area (Å²) in [5, 5.41) is 8.94. The van der Waals surface area contributed by atoms with E-state index in [1.54, 1.807) is 52.5 Å². The highest BCUT2D eigenvalue weighted by atomic mass is 35.5. The van der Waals surface area contributed by atoms with E-state index < -0.39 is 24.2 Å². The number of piperidine rings is 2. The van der Waals surface area contributed by atoms with Gasteiger partial charge in [0.15, 0.2) is 11.6 Å². The minimum atomic E-state index is -4.15.